The molecule has 2 unspecified atom stereocenters. The first-order chi connectivity index (χ1) is 12.8. The van der Waals surface area contributed by atoms with Gasteiger partial charge in [0.05, 0.1) is 4.90 Å². The SMILES string of the molecule is CC1CC(C)CN(CCCNS(=O)(=O)c2ccc(N3CCCC3=O)cc2)C1. The first-order valence-electron chi connectivity index (χ1n) is 9.97. The van der Waals surface area contributed by atoms with Gasteiger partial charge in [0.2, 0.25) is 15.9 Å². The molecule has 0 aromatic heterocycles. The van der Waals surface area contributed by atoms with Crippen LogP contribution in [-0.4, -0.2) is 51.9 Å². The number of hydrogen-bond acceptors (Lipinski definition) is 4. The largest absolute Gasteiger partial charge is 0.312 e. The molecule has 2 fully saturated rings. The molecule has 1 N–H and O–H groups in total. The predicted molar refractivity (Wildman–Crippen MR) is 107 cm³/mol. The van der Waals surface area contributed by atoms with Crippen molar-refractivity contribution in [1.29, 1.82) is 0 Å². The van der Waals surface area contributed by atoms with Crippen LogP contribution in [0.25, 0.3) is 0 Å². The van der Waals surface area contributed by atoms with Gasteiger partial charge >= 0.3 is 0 Å². The van der Waals surface area contributed by atoms with Gasteiger partial charge in [-0.3, -0.25) is 4.79 Å². The van der Waals surface area contributed by atoms with Crippen molar-refractivity contribution in [3.63, 3.8) is 0 Å². The highest BCUT2D eigenvalue weighted by atomic mass is 32.2. The molecule has 150 valence electrons. The molecule has 3 rings (SSSR count). The van der Waals surface area contributed by atoms with Gasteiger partial charge in [0.15, 0.2) is 0 Å². The summed E-state index contributed by atoms with van der Waals surface area (Å²) in [5.74, 6) is 1.53. The Hall–Kier alpha value is -1.44. The van der Waals surface area contributed by atoms with Crippen molar-refractivity contribution in [2.24, 2.45) is 11.8 Å². The maximum absolute atomic E-state index is 12.5. The lowest BCUT2D eigenvalue weighted by Crippen LogP contribution is -2.40. The molecule has 2 aliphatic heterocycles. The fourth-order valence-electron chi connectivity index (χ4n) is 4.29. The van der Waals surface area contributed by atoms with E-state index in [-0.39, 0.29) is 10.8 Å². The molecule has 1 aromatic rings. The summed E-state index contributed by atoms with van der Waals surface area (Å²) in [4.78, 5) is 16.2. The van der Waals surface area contributed by atoms with E-state index in [0.29, 0.717) is 31.3 Å². The van der Waals surface area contributed by atoms with Gasteiger partial charge in [-0.25, -0.2) is 13.1 Å². The number of nitrogens with one attached hydrogen (secondary N) is 1. The van der Waals surface area contributed by atoms with Crippen LogP contribution < -0.4 is 9.62 Å². The third-order valence-corrected chi connectivity index (χ3v) is 6.90. The van der Waals surface area contributed by atoms with E-state index in [2.05, 4.69) is 23.5 Å². The zero-order valence-corrected chi connectivity index (χ0v) is 17.2. The van der Waals surface area contributed by atoms with Crippen molar-refractivity contribution in [3.05, 3.63) is 24.3 Å². The molecular formula is C20H31N3O3S. The van der Waals surface area contributed by atoms with Crippen LogP contribution in [-0.2, 0) is 14.8 Å². The number of piperidine rings is 1. The van der Waals surface area contributed by atoms with Gasteiger partial charge in [0.25, 0.3) is 0 Å². The van der Waals surface area contributed by atoms with Gasteiger partial charge in [0.1, 0.15) is 0 Å². The van der Waals surface area contributed by atoms with E-state index < -0.39 is 10.0 Å². The highest BCUT2D eigenvalue weighted by Crippen LogP contribution is 2.23. The zero-order valence-electron chi connectivity index (χ0n) is 16.4. The second-order valence-electron chi connectivity index (χ2n) is 8.10. The van der Waals surface area contributed by atoms with Gasteiger partial charge in [-0.15, -0.1) is 0 Å². The van der Waals surface area contributed by atoms with E-state index in [1.165, 1.54) is 6.42 Å². The monoisotopic (exact) mass is 393 g/mol. The Bertz CT molecular complexity index is 738. The van der Waals surface area contributed by atoms with Crippen molar-refractivity contribution in [2.75, 3.05) is 37.6 Å². The summed E-state index contributed by atoms with van der Waals surface area (Å²) in [6.07, 6.45) is 3.51. The molecule has 1 amide bonds. The summed E-state index contributed by atoms with van der Waals surface area (Å²) in [5, 5.41) is 0. The van der Waals surface area contributed by atoms with Crippen LogP contribution in [0.4, 0.5) is 5.69 Å². The highest BCUT2D eigenvalue weighted by molar-refractivity contribution is 7.89. The molecule has 7 heteroatoms. The minimum absolute atomic E-state index is 0.102. The van der Waals surface area contributed by atoms with Crippen LogP contribution in [0.2, 0.25) is 0 Å². The van der Waals surface area contributed by atoms with Crippen molar-refractivity contribution >= 4 is 21.6 Å². The number of hydrogen-bond donors (Lipinski definition) is 1. The third kappa shape index (κ3) is 5.30. The van der Waals surface area contributed by atoms with Gasteiger partial charge in [-0.05, 0) is 61.9 Å². The van der Waals surface area contributed by atoms with Crippen molar-refractivity contribution in [3.8, 4) is 0 Å². The minimum atomic E-state index is -3.51. The number of rotatable bonds is 7. The Balaban J connectivity index is 1.49. The normalized spacial score (nSPS) is 24.5. The van der Waals surface area contributed by atoms with E-state index in [1.54, 1.807) is 29.2 Å². The van der Waals surface area contributed by atoms with Crippen LogP contribution >= 0.6 is 0 Å². The van der Waals surface area contributed by atoms with Crippen LogP contribution in [0, 0.1) is 11.8 Å². The van der Waals surface area contributed by atoms with E-state index in [0.717, 1.165) is 38.2 Å². The molecule has 1 aromatic carbocycles. The number of nitrogens with zero attached hydrogens (tertiary/aromatic N) is 2. The Kier molecular flexibility index (Phi) is 6.55. The number of sulfonamides is 1. The molecule has 0 radical (unpaired) electrons. The van der Waals surface area contributed by atoms with Crippen molar-refractivity contribution in [1.82, 2.24) is 9.62 Å². The molecule has 2 saturated heterocycles. The van der Waals surface area contributed by atoms with E-state index >= 15 is 0 Å². The average Bonchev–Trinajstić information content (AvgIpc) is 3.04. The van der Waals surface area contributed by atoms with Crippen molar-refractivity contribution in [2.45, 2.75) is 44.4 Å². The van der Waals surface area contributed by atoms with Crippen LogP contribution in [0.1, 0.15) is 39.5 Å². The summed E-state index contributed by atoms with van der Waals surface area (Å²) in [5.41, 5.74) is 0.768. The number of benzene rings is 1. The molecule has 2 aliphatic rings. The van der Waals surface area contributed by atoms with Crippen molar-refractivity contribution < 1.29 is 13.2 Å². The standard InChI is InChI=1S/C20H31N3O3S/c1-16-13-17(2)15-22(14-16)11-4-10-21-27(25,26)19-8-6-18(7-9-19)23-12-3-5-20(23)24/h6-9,16-17,21H,3-5,10-15H2,1-2H3. The second-order valence-corrected chi connectivity index (χ2v) is 9.87. The second kappa shape index (κ2) is 8.71. The first-order valence-corrected chi connectivity index (χ1v) is 11.5. The molecule has 0 spiro atoms. The molecule has 6 nitrogen and oxygen atoms in total. The number of anilines is 1. The Morgan fingerprint density at radius 2 is 1.78 bits per heavy atom. The van der Waals surface area contributed by atoms with Gasteiger partial charge in [-0.2, -0.15) is 0 Å². The summed E-state index contributed by atoms with van der Waals surface area (Å²) >= 11 is 0. The molecule has 0 saturated carbocycles. The van der Waals surface area contributed by atoms with E-state index in [9.17, 15) is 13.2 Å². The summed E-state index contributed by atoms with van der Waals surface area (Å²) in [6.45, 7) is 8.84. The van der Waals surface area contributed by atoms with Gasteiger partial charge in [-0.1, -0.05) is 13.8 Å². The fourth-order valence-corrected chi connectivity index (χ4v) is 5.37. The quantitative estimate of drug-likeness (QED) is 0.723. The van der Waals surface area contributed by atoms with Crippen LogP contribution in [0.3, 0.4) is 0 Å². The number of carbonyl (C=O) groups excluding carboxylic acids is 1. The summed E-state index contributed by atoms with van der Waals surface area (Å²) < 4.78 is 27.7. The first kappa shape index (κ1) is 20.3. The predicted octanol–water partition coefficient (Wildman–Crippen LogP) is 2.46. The Labute approximate surface area is 163 Å². The topological polar surface area (TPSA) is 69.7 Å². The maximum atomic E-state index is 12.5. The van der Waals surface area contributed by atoms with Gasteiger partial charge < -0.3 is 9.80 Å². The molecule has 27 heavy (non-hydrogen) atoms. The molecule has 0 bridgehead atoms. The Morgan fingerprint density at radius 3 is 2.37 bits per heavy atom. The molecule has 2 atom stereocenters. The number of likely N-dealkylation sites (tertiary alicyclic amines) is 1. The van der Waals surface area contributed by atoms with Crippen LogP contribution in [0.5, 0.6) is 0 Å². The smallest absolute Gasteiger partial charge is 0.240 e. The lowest BCUT2D eigenvalue weighted by molar-refractivity contribution is -0.117. The molecule has 2 heterocycles. The number of carbonyl (C=O) groups is 1. The molecular weight excluding hydrogens is 362 g/mol. The average molecular weight is 394 g/mol. The summed E-state index contributed by atoms with van der Waals surface area (Å²) in [7, 11) is -3.51. The Morgan fingerprint density at radius 1 is 1.11 bits per heavy atom. The summed E-state index contributed by atoms with van der Waals surface area (Å²) in [6, 6.07) is 6.59. The lowest BCUT2D eigenvalue weighted by atomic mass is 9.92. The zero-order chi connectivity index (χ0) is 19.4. The fraction of sp³-hybridized carbons (Fsp3) is 0.650. The third-order valence-electron chi connectivity index (χ3n) is 5.42. The van der Waals surface area contributed by atoms with Crippen LogP contribution in [0.15, 0.2) is 29.2 Å². The van der Waals surface area contributed by atoms with Gasteiger partial charge in [0, 0.05) is 38.3 Å². The lowest BCUT2D eigenvalue weighted by Gasteiger charge is -2.34. The maximum Gasteiger partial charge on any atom is 0.240 e. The minimum Gasteiger partial charge on any atom is -0.312 e. The van der Waals surface area contributed by atoms with E-state index in [4.69, 9.17) is 0 Å². The molecule has 0 aliphatic carbocycles. The number of amides is 1. The van der Waals surface area contributed by atoms with E-state index in [1.807, 2.05) is 0 Å². The highest BCUT2D eigenvalue weighted by Gasteiger charge is 2.23.